The Morgan fingerprint density at radius 2 is 2.27 bits per heavy atom. The molecule has 0 aliphatic heterocycles. The van der Waals surface area contributed by atoms with Crippen molar-refractivity contribution in [2.45, 2.75) is 52.1 Å². The summed E-state index contributed by atoms with van der Waals surface area (Å²) in [5.41, 5.74) is 0.161. The van der Waals surface area contributed by atoms with Crippen molar-refractivity contribution in [2.24, 2.45) is 17.3 Å². The molecule has 0 aromatic carbocycles. The third kappa shape index (κ3) is 3.57. The molecule has 0 N–H and O–H groups in total. The standard InChI is InChI=1S/C17H25NO4/c1-5-6-12-7-13-9-17(11-18(20)21,14(13)8-12)10-15(19)22-16(2,3)4/h5,8,13-14H,1,6-7,9-11H2,2-4H3. The summed E-state index contributed by atoms with van der Waals surface area (Å²) in [5.74, 6) is 0.232. The molecule has 2 aliphatic rings. The maximum Gasteiger partial charge on any atom is 0.307 e. The SMILES string of the molecule is C=CCC1=CC2C(C1)CC2(CC(=O)OC(C)(C)C)C[N+](=O)[O-]. The Bertz CT molecular complexity index is 517. The molecule has 5 nitrogen and oxygen atoms in total. The monoisotopic (exact) mass is 307 g/mol. The second-order valence-electron chi connectivity index (χ2n) is 7.63. The van der Waals surface area contributed by atoms with E-state index in [0.29, 0.717) is 5.92 Å². The minimum Gasteiger partial charge on any atom is -0.460 e. The maximum atomic E-state index is 12.2. The lowest BCUT2D eigenvalue weighted by Crippen LogP contribution is -2.51. The average Bonchev–Trinajstić information content (AvgIpc) is 2.64. The van der Waals surface area contributed by atoms with Gasteiger partial charge < -0.3 is 4.74 Å². The fourth-order valence-corrected chi connectivity index (χ4v) is 3.97. The van der Waals surface area contributed by atoms with Gasteiger partial charge in [0.25, 0.3) is 0 Å². The summed E-state index contributed by atoms with van der Waals surface area (Å²) in [7, 11) is 0. The van der Waals surface area contributed by atoms with Crippen LogP contribution in [0.5, 0.6) is 0 Å². The summed E-state index contributed by atoms with van der Waals surface area (Å²) in [6.45, 7) is 9.02. The Labute approximate surface area is 131 Å². The number of nitro groups is 1. The molecule has 0 saturated heterocycles. The van der Waals surface area contributed by atoms with Crippen molar-refractivity contribution < 1.29 is 14.5 Å². The number of nitrogens with zero attached hydrogens (tertiary/aromatic N) is 1. The first-order valence-corrected chi connectivity index (χ1v) is 7.79. The fourth-order valence-electron chi connectivity index (χ4n) is 3.97. The van der Waals surface area contributed by atoms with Crippen LogP contribution in [0, 0.1) is 27.4 Å². The number of hydrogen-bond donors (Lipinski definition) is 0. The lowest BCUT2D eigenvalue weighted by molar-refractivity contribution is -0.506. The van der Waals surface area contributed by atoms with Crippen LogP contribution in [-0.2, 0) is 9.53 Å². The second-order valence-corrected chi connectivity index (χ2v) is 7.63. The molecule has 0 heterocycles. The van der Waals surface area contributed by atoms with E-state index in [1.54, 1.807) is 0 Å². The van der Waals surface area contributed by atoms with Gasteiger partial charge in [0, 0.05) is 4.92 Å². The maximum absolute atomic E-state index is 12.2. The number of hydrogen-bond acceptors (Lipinski definition) is 4. The van der Waals surface area contributed by atoms with E-state index in [2.05, 4.69) is 12.7 Å². The smallest absolute Gasteiger partial charge is 0.307 e. The lowest BCUT2D eigenvalue weighted by atomic mass is 9.53. The van der Waals surface area contributed by atoms with E-state index >= 15 is 0 Å². The zero-order valence-corrected chi connectivity index (χ0v) is 13.6. The zero-order valence-electron chi connectivity index (χ0n) is 13.6. The minimum absolute atomic E-state index is 0.125. The van der Waals surface area contributed by atoms with Gasteiger partial charge in [-0.3, -0.25) is 14.9 Å². The summed E-state index contributed by atoms with van der Waals surface area (Å²) in [6.07, 6.45) is 6.67. The highest BCUT2D eigenvalue weighted by atomic mass is 16.6. The van der Waals surface area contributed by atoms with Gasteiger partial charge in [0.15, 0.2) is 0 Å². The van der Waals surface area contributed by atoms with Crippen LogP contribution >= 0.6 is 0 Å². The Hall–Kier alpha value is -1.65. The van der Waals surface area contributed by atoms with Crippen molar-refractivity contribution in [1.82, 2.24) is 0 Å². The number of rotatable bonds is 6. The van der Waals surface area contributed by atoms with E-state index in [1.165, 1.54) is 5.57 Å². The third-order valence-corrected chi connectivity index (χ3v) is 4.59. The molecule has 0 spiro atoms. The lowest BCUT2D eigenvalue weighted by Gasteiger charge is -2.49. The van der Waals surface area contributed by atoms with Crippen LogP contribution in [0.4, 0.5) is 0 Å². The molecule has 5 heteroatoms. The molecule has 0 aromatic rings. The van der Waals surface area contributed by atoms with Gasteiger partial charge in [0.1, 0.15) is 5.60 Å². The van der Waals surface area contributed by atoms with Gasteiger partial charge >= 0.3 is 5.97 Å². The molecule has 2 rings (SSSR count). The van der Waals surface area contributed by atoms with Crippen molar-refractivity contribution in [1.29, 1.82) is 0 Å². The Morgan fingerprint density at radius 1 is 1.59 bits per heavy atom. The van der Waals surface area contributed by atoms with E-state index in [9.17, 15) is 14.9 Å². The number of ether oxygens (including phenoxy) is 1. The van der Waals surface area contributed by atoms with Gasteiger partial charge in [-0.15, -0.1) is 6.58 Å². The normalized spacial score (nSPS) is 30.0. The number of allylic oxidation sites excluding steroid dienone is 3. The summed E-state index contributed by atoms with van der Waals surface area (Å²) >= 11 is 0. The first-order valence-electron chi connectivity index (χ1n) is 7.79. The van der Waals surface area contributed by atoms with Crippen LogP contribution in [0.2, 0.25) is 0 Å². The molecule has 0 radical (unpaired) electrons. The second kappa shape index (κ2) is 5.86. The number of fused-ring (bicyclic) bond motifs is 1. The first-order chi connectivity index (χ1) is 10.1. The molecule has 122 valence electrons. The Balaban J connectivity index is 2.12. The highest BCUT2D eigenvalue weighted by molar-refractivity contribution is 5.71. The molecule has 2 aliphatic carbocycles. The summed E-state index contributed by atoms with van der Waals surface area (Å²) in [4.78, 5) is 23.0. The van der Waals surface area contributed by atoms with E-state index in [-0.39, 0.29) is 29.8 Å². The van der Waals surface area contributed by atoms with Gasteiger partial charge in [0.2, 0.25) is 6.54 Å². The van der Waals surface area contributed by atoms with Gasteiger partial charge in [-0.2, -0.15) is 0 Å². The molecule has 0 bridgehead atoms. The van der Waals surface area contributed by atoms with Crippen molar-refractivity contribution >= 4 is 5.97 Å². The molecule has 1 saturated carbocycles. The van der Waals surface area contributed by atoms with Gasteiger partial charge in [-0.25, -0.2) is 0 Å². The summed E-state index contributed by atoms with van der Waals surface area (Å²) in [5, 5.41) is 11.1. The molecule has 0 aromatic heterocycles. The number of carbonyl (C=O) groups is 1. The summed E-state index contributed by atoms with van der Waals surface area (Å²) < 4.78 is 5.38. The van der Waals surface area contributed by atoms with Crippen LogP contribution < -0.4 is 0 Å². The highest BCUT2D eigenvalue weighted by Crippen LogP contribution is 2.60. The first kappa shape index (κ1) is 16.7. The topological polar surface area (TPSA) is 69.4 Å². The average molecular weight is 307 g/mol. The fraction of sp³-hybridized carbons (Fsp3) is 0.706. The molecular formula is C17H25NO4. The molecular weight excluding hydrogens is 282 g/mol. The predicted molar refractivity (Wildman–Crippen MR) is 83.9 cm³/mol. The molecule has 1 fully saturated rings. The van der Waals surface area contributed by atoms with Crippen LogP contribution in [0.25, 0.3) is 0 Å². The Morgan fingerprint density at radius 3 is 2.82 bits per heavy atom. The van der Waals surface area contributed by atoms with Gasteiger partial charge in [-0.05, 0) is 51.9 Å². The van der Waals surface area contributed by atoms with Crippen LogP contribution in [0.1, 0.15) is 46.5 Å². The highest BCUT2D eigenvalue weighted by Gasteiger charge is 2.58. The van der Waals surface area contributed by atoms with Crippen LogP contribution in [0.15, 0.2) is 24.3 Å². The van der Waals surface area contributed by atoms with Gasteiger partial charge in [-0.1, -0.05) is 17.7 Å². The van der Waals surface area contributed by atoms with Crippen molar-refractivity contribution in [2.75, 3.05) is 6.54 Å². The van der Waals surface area contributed by atoms with E-state index in [4.69, 9.17) is 4.74 Å². The van der Waals surface area contributed by atoms with E-state index in [1.807, 2.05) is 26.8 Å². The number of esters is 1. The molecule has 0 amide bonds. The summed E-state index contributed by atoms with van der Waals surface area (Å²) in [6, 6.07) is 0. The van der Waals surface area contributed by atoms with Crippen molar-refractivity contribution in [3.63, 3.8) is 0 Å². The molecule has 3 unspecified atom stereocenters. The quantitative estimate of drug-likeness (QED) is 0.326. The predicted octanol–water partition coefficient (Wildman–Crippen LogP) is 3.52. The zero-order chi connectivity index (χ0) is 16.5. The number of carbonyl (C=O) groups excluding carboxylic acids is 1. The third-order valence-electron chi connectivity index (χ3n) is 4.59. The minimum atomic E-state index is -0.570. The Kier molecular flexibility index (Phi) is 4.45. The van der Waals surface area contributed by atoms with Gasteiger partial charge in [0.05, 0.1) is 11.8 Å². The van der Waals surface area contributed by atoms with Crippen LogP contribution in [0.3, 0.4) is 0 Å². The van der Waals surface area contributed by atoms with Crippen molar-refractivity contribution in [3.8, 4) is 0 Å². The van der Waals surface area contributed by atoms with E-state index < -0.39 is 11.0 Å². The van der Waals surface area contributed by atoms with E-state index in [0.717, 1.165) is 19.3 Å². The largest absolute Gasteiger partial charge is 0.460 e. The molecule has 22 heavy (non-hydrogen) atoms. The van der Waals surface area contributed by atoms with Crippen LogP contribution in [-0.4, -0.2) is 23.0 Å². The molecule has 3 atom stereocenters. The van der Waals surface area contributed by atoms with Crippen molar-refractivity contribution in [3.05, 3.63) is 34.4 Å².